The van der Waals surface area contributed by atoms with Crippen molar-refractivity contribution in [3.05, 3.63) is 65.2 Å². The second kappa shape index (κ2) is 7.94. The van der Waals surface area contributed by atoms with Crippen LogP contribution in [-0.4, -0.2) is 28.6 Å². The molecule has 1 aliphatic rings. The van der Waals surface area contributed by atoms with Gasteiger partial charge in [-0.05, 0) is 41.8 Å². The number of aromatic nitrogens is 3. The van der Waals surface area contributed by atoms with Crippen molar-refractivity contribution in [2.24, 2.45) is 0 Å². The Kier molecular flexibility index (Phi) is 5.21. The molecule has 0 aliphatic carbocycles. The van der Waals surface area contributed by atoms with Gasteiger partial charge in [-0.25, -0.2) is 9.97 Å². The summed E-state index contributed by atoms with van der Waals surface area (Å²) in [6.45, 7) is 6.76. The Morgan fingerprint density at radius 1 is 1.11 bits per heavy atom. The van der Waals surface area contributed by atoms with Gasteiger partial charge in [0.1, 0.15) is 17.9 Å². The van der Waals surface area contributed by atoms with Gasteiger partial charge in [-0.2, -0.15) is 0 Å². The molecule has 2 N–H and O–H groups in total. The molecule has 0 saturated carbocycles. The van der Waals surface area contributed by atoms with Gasteiger partial charge in [-0.3, -0.25) is 4.98 Å². The van der Waals surface area contributed by atoms with Crippen LogP contribution >= 0.6 is 0 Å². The Morgan fingerprint density at radius 2 is 1.93 bits per heavy atom. The summed E-state index contributed by atoms with van der Waals surface area (Å²) >= 11 is 0. The van der Waals surface area contributed by atoms with Crippen molar-refractivity contribution >= 4 is 5.82 Å². The number of hydrogen-bond donors (Lipinski definition) is 2. The number of benzene rings is 1. The van der Waals surface area contributed by atoms with Crippen molar-refractivity contribution < 1.29 is 4.74 Å². The molecule has 0 radical (unpaired) electrons. The number of rotatable bonds is 6. The van der Waals surface area contributed by atoms with Gasteiger partial charge in [0.2, 0.25) is 0 Å². The van der Waals surface area contributed by atoms with Gasteiger partial charge >= 0.3 is 0 Å². The van der Waals surface area contributed by atoms with Crippen LogP contribution in [0.15, 0.2) is 42.9 Å². The van der Waals surface area contributed by atoms with Crippen LogP contribution in [0.5, 0.6) is 5.75 Å². The lowest BCUT2D eigenvalue weighted by Crippen LogP contribution is -2.12. The second-order valence-electron chi connectivity index (χ2n) is 7.23. The SMILES string of the molecule is COc1cc2c(cc1C(C)CNc1cc(-c3ccc(C)nc3)ncn1)CNC2. The van der Waals surface area contributed by atoms with Crippen LogP contribution in [-0.2, 0) is 13.1 Å². The van der Waals surface area contributed by atoms with Crippen LogP contribution < -0.4 is 15.4 Å². The highest BCUT2D eigenvalue weighted by molar-refractivity contribution is 5.61. The Balaban J connectivity index is 1.49. The summed E-state index contributed by atoms with van der Waals surface area (Å²) in [5.41, 5.74) is 6.74. The zero-order valence-electron chi connectivity index (χ0n) is 16.5. The molecule has 1 atom stereocenters. The van der Waals surface area contributed by atoms with E-state index in [0.717, 1.165) is 48.2 Å². The first-order valence-electron chi connectivity index (χ1n) is 9.53. The third kappa shape index (κ3) is 3.82. The van der Waals surface area contributed by atoms with E-state index < -0.39 is 0 Å². The first-order valence-corrected chi connectivity index (χ1v) is 9.53. The Hall–Kier alpha value is -2.99. The number of methoxy groups -OCH3 is 1. The second-order valence-corrected chi connectivity index (χ2v) is 7.23. The summed E-state index contributed by atoms with van der Waals surface area (Å²) in [4.78, 5) is 13.1. The van der Waals surface area contributed by atoms with Crippen LogP contribution in [0.25, 0.3) is 11.3 Å². The molecule has 144 valence electrons. The summed E-state index contributed by atoms with van der Waals surface area (Å²) < 4.78 is 5.64. The average Bonchev–Trinajstić information content (AvgIpc) is 3.19. The molecule has 0 amide bonds. The molecular formula is C22H25N5O. The summed E-state index contributed by atoms with van der Waals surface area (Å²) in [6, 6.07) is 10.4. The highest BCUT2D eigenvalue weighted by Gasteiger charge is 2.18. The molecule has 3 heterocycles. The Morgan fingerprint density at radius 3 is 2.68 bits per heavy atom. The number of pyridine rings is 1. The fourth-order valence-corrected chi connectivity index (χ4v) is 3.51. The van der Waals surface area contributed by atoms with Gasteiger partial charge in [0.25, 0.3) is 0 Å². The van der Waals surface area contributed by atoms with Gasteiger partial charge in [-0.15, -0.1) is 0 Å². The van der Waals surface area contributed by atoms with Crippen molar-refractivity contribution in [1.82, 2.24) is 20.3 Å². The third-order valence-corrected chi connectivity index (χ3v) is 5.18. The number of fused-ring (bicyclic) bond motifs is 1. The number of anilines is 1. The van der Waals surface area contributed by atoms with Crippen molar-refractivity contribution in [1.29, 1.82) is 0 Å². The quantitative estimate of drug-likeness (QED) is 0.685. The first kappa shape index (κ1) is 18.4. The molecule has 3 aromatic rings. The molecule has 1 unspecified atom stereocenters. The lowest BCUT2D eigenvalue weighted by Gasteiger charge is -2.18. The molecule has 6 nitrogen and oxygen atoms in total. The van der Waals surface area contributed by atoms with Crippen LogP contribution in [0.4, 0.5) is 5.82 Å². The van der Waals surface area contributed by atoms with E-state index in [1.54, 1.807) is 13.4 Å². The molecule has 0 bridgehead atoms. The van der Waals surface area contributed by atoms with Gasteiger partial charge in [0.05, 0.1) is 12.8 Å². The van der Waals surface area contributed by atoms with Crippen molar-refractivity contribution in [2.75, 3.05) is 19.0 Å². The zero-order valence-corrected chi connectivity index (χ0v) is 16.5. The van der Waals surface area contributed by atoms with E-state index in [9.17, 15) is 0 Å². The van der Waals surface area contributed by atoms with Crippen LogP contribution in [0, 0.1) is 6.92 Å². The minimum Gasteiger partial charge on any atom is -0.496 e. The van der Waals surface area contributed by atoms with Crippen LogP contribution in [0.3, 0.4) is 0 Å². The van der Waals surface area contributed by atoms with Gasteiger partial charge in [0.15, 0.2) is 0 Å². The maximum absolute atomic E-state index is 5.64. The standard InChI is InChI=1S/C22H25N5O/c1-14(19-6-17-10-23-11-18(17)7-21(19)28-3)9-25-22-8-20(26-13-27-22)16-5-4-15(2)24-12-16/h4-8,12-14,23H,9-11H2,1-3H3,(H,25,26,27). The zero-order chi connectivity index (χ0) is 19.5. The van der Waals surface area contributed by atoms with E-state index in [2.05, 4.69) is 44.6 Å². The summed E-state index contributed by atoms with van der Waals surface area (Å²) in [5.74, 6) is 2.03. The Labute approximate surface area is 165 Å². The molecule has 0 saturated heterocycles. The van der Waals surface area contributed by atoms with E-state index in [1.165, 1.54) is 16.7 Å². The fraction of sp³-hybridized carbons (Fsp3) is 0.318. The molecule has 28 heavy (non-hydrogen) atoms. The Bertz CT molecular complexity index is 971. The molecule has 2 aromatic heterocycles. The van der Waals surface area contributed by atoms with Crippen molar-refractivity contribution in [3.8, 4) is 17.0 Å². The topological polar surface area (TPSA) is 72.0 Å². The number of aryl methyl sites for hydroxylation is 1. The van der Waals surface area contributed by atoms with Gasteiger partial charge in [-0.1, -0.05) is 13.0 Å². The van der Waals surface area contributed by atoms with E-state index in [0.29, 0.717) is 0 Å². The number of hydrogen-bond acceptors (Lipinski definition) is 6. The molecule has 1 aliphatic heterocycles. The first-order chi connectivity index (χ1) is 13.6. The average molecular weight is 375 g/mol. The lowest BCUT2D eigenvalue weighted by molar-refractivity contribution is 0.406. The predicted molar refractivity (Wildman–Crippen MR) is 110 cm³/mol. The van der Waals surface area contributed by atoms with E-state index in [-0.39, 0.29) is 5.92 Å². The molecular weight excluding hydrogens is 350 g/mol. The molecule has 4 rings (SSSR count). The fourth-order valence-electron chi connectivity index (χ4n) is 3.51. The van der Waals surface area contributed by atoms with E-state index in [4.69, 9.17) is 4.74 Å². The largest absolute Gasteiger partial charge is 0.496 e. The third-order valence-electron chi connectivity index (χ3n) is 5.18. The minimum atomic E-state index is 0.278. The van der Waals surface area contributed by atoms with Crippen molar-refractivity contribution in [2.45, 2.75) is 32.9 Å². The van der Waals surface area contributed by atoms with Crippen LogP contribution in [0.2, 0.25) is 0 Å². The van der Waals surface area contributed by atoms with E-state index in [1.807, 2.05) is 31.3 Å². The number of ether oxygens (including phenoxy) is 1. The number of nitrogens with one attached hydrogen (secondary N) is 2. The smallest absolute Gasteiger partial charge is 0.129 e. The maximum Gasteiger partial charge on any atom is 0.129 e. The maximum atomic E-state index is 5.64. The summed E-state index contributed by atoms with van der Waals surface area (Å²) in [6.07, 6.45) is 3.43. The summed E-state index contributed by atoms with van der Waals surface area (Å²) in [7, 11) is 1.74. The van der Waals surface area contributed by atoms with Gasteiger partial charge in [0, 0.05) is 49.1 Å². The highest BCUT2D eigenvalue weighted by atomic mass is 16.5. The van der Waals surface area contributed by atoms with Gasteiger partial charge < -0.3 is 15.4 Å². The van der Waals surface area contributed by atoms with Crippen LogP contribution in [0.1, 0.15) is 35.2 Å². The summed E-state index contributed by atoms with van der Waals surface area (Å²) in [5, 5.41) is 6.84. The molecule has 1 aromatic carbocycles. The molecule has 0 fully saturated rings. The number of nitrogens with zero attached hydrogens (tertiary/aromatic N) is 3. The normalized spacial score (nSPS) is 13.8. The minimum absolute atomic E-state index is 0.278. The van der Waals surface area contributed by atoms with E-state index >= 15 is 0 Å². The monoisotopic (exact) mass is 375 g/mol. The lowest BCUT2D eigenvalue weighted by atomic mass is 9.95. The predicted octanol–water partition coefficient (Wildman–Crippen LogP) is 3.67. The van der Waals surface area contributed by atoms with Crippen molar-refractivity contribution in [3.63, 3.8) is 0 Å². The molecule has 6 heteroatoms. The highest BCUT2D eigenvalue weighted by Crippen LogP contribution is 2.32. The molecule has 0 spiro atoms.